The predicted octanol–water partition coefficient (Wildman–Crippen LogP) is 7.20. The molecule has 2 heterocycles. The molecule has 0 saturated carbocycles. The molecule has 33 heavy (non-hydrogen) atoms. The number of hydrogen-bond acceptors (Lipinski definition) is 4. The van der Waals surface area contributed by atoms with E-state index in [-0.39, 0.29) is 5.76 Å². The van der Waals surface area contributed by atoms with E-state index >= 15 is 0 Å². The first-order chi connectivity index (χ1) is 15.9. The van der Waals surface area contributed by atoms with E-state index in [2.05, 4.69) is 15.5 Å². The van der Waals surface area contributed by atoms with Crippen LogP contribution in [0.2, 0.25) is 15.1 Å². The second-order valence-corrected chi connectivity index (χ2v) is 8.56. The number of fused-ring (bicyclic) bond motifs is 1. The molecule has 0 bridgehead atoms. The van der Waals surface area contributed by atoms with Gasteiger partial charge in [-0.05, 0) is 55.5 Å². The molecule has 3 aromatic carbocycles. The van der Waals surface area contributed by atoms with Crippen LogP contribution in [0.1, 0.15) is 16.1 Å². The molecular formula is C24H15Cl3N4O2. The summed E-state index contributed by atoms with van der Waals surface area (Å²) in [5.74, 6) is 0.0577. The summed E-state index contributed by atoms with van der Waals surface area (Å²) in [5, 5.41) is 12.8. The summed E-state index contributed by atoms with van der Waals surface area (Å²) in [6.07, 6.45) is 0. The molecule has 1 N–H and O–H groups in total. The number of halogens is 3. The Bertz CT molecular complexity index is 1510. The minimum absolute atomic E-state index is 0.0977. The van der Waals surface area contributed by atoms with Crippen LogP contribution >= 0.6 is 34.8 Å². The van der Waals surface area contributed by atoms with Crippen molar-refractivity contribution in [3.05, 3.63) is 93.1 Å². The van der Waals surface area contributed by atoms with Gasteiger partial charge < -0.3 is 9.73 Å². The molecule has 0 aliphatic rings. The zero-order chi connectivity index (χ0) is 23.1. The fourth-order valence-corrected chi connectivity index (χ4v) is 3.91. The minimum Gasteiger partial charge on any atom is -0.451 e. The van der Waals surface area contributed by atoms with Crippen LogP contribution in [0.4, 0.5) is 5.69 Å². The SMILES string of the molecule is Cc1ccc(-n2nc3cc(Cl)c(NC(=O)c4ccc(-c5cccc(Cl)c5Cl)o4)cc3n2)cc1. The molecule has 164 valence electrons. The molecule has 0 fully saturated rings. The maximum absolute atomic E-state index is 12.8. The average Bonchev–Trinajstić information content (AvgIpc) is 3.44. The van der Waals surface area contributed by atoms with Crippen LogP contribution in [-0.2, 0) is 0 Å². The van der Waals surface area contributed by atoms with E-state index < -0.39 is 5.91 Å². The lowest BCUT2D eigenvalue weighted by atomic mass is 10.2. The highest BCUT2D eigenvalue weighted by Gasteiger charge is 2.17. The summed E-state index contributed by atoms with van der Waals surface area (Å²) in [5.41, 5.74) is 4.14. The van der Waals surface area contributed by atoms with Crippen LogP contribution in [0.3, 0.4) is 0 Å². The van der Waals surface area contributed by atoms with Gasteiger partial charge in [-0.15, -0.1) is 10.2 Å². The summed E-state index contributed by atoms with van der Waals surface area (Å²) >= 11 is 18.7. The molecule has 0 spiro atoms. The monoisotopic (exact) mass is 496 g/mol. The van der Waals surface area contributed by atoms with Gasteiger partial charge >= 0.3 is 0 Å². The number of aryl methyl sites for hydroxylation is 1. The van der Waals surface area contributed by atoms with Crippen molar-refractivity contribution in [2.75, 3.05) is 5.32 Å². The molecule has 0 saturated heterocycles. The Hall–Kier alpha value is -3.32. The third-order valence-electron chi connectivity index (χ3n) is 5.03. The Labute approximate surface area is 203 Å². The maximum Gasteiger partial charge on any atom is 0.291 e. The number of nitrogens with one attached hydrogen (secondary N) is 1. The van der Waals surface area contributed by atoms with E-state index in [4.69, 9.17) is 39.2 Å². The number of benzene rings is 3. The van der Waals surface area contributed by atoms with Crippen LogP contribution in [0.25, 0.3) is 28.0 Å². The van der Waals surface area contributed by atoms with Crippen LogP contribution in [-0.4, -0.2) is 20.9 Å². The fourth-order valence-electron chi connectivity index (χ4n) is 3.31. The highest BCUT2D eigenvalue weighted by molar-refractivity contribution is 6.43. The number of carbonyl (C=O) groups is 1. The number of amides is 1. The lowest BCUT2D eigenvalue weighted by Crippen LogP contribution is -2.11. The molecule has 5 rings (SSSR count). The van der Waals surface area contributed by atoms with Gasteiger partial charge in [0, 0.05) is 5.56 Å². The first-order valence-corrected chi connectivity index (χ1v) is 11.0. The van der Waals surface area contributed by atoms with Gasteiger partial charge in [-0.25, -0.2) is 0 Å². The summed E-state index contributed by atoms with van der Waals surface area (Å²) in [7, 11) is 0. The Kier molecular flexibility index (Phi) is 5.58. The lowest BCUT2D eigenvalue weighted by molar-refractivity contribution is 0.0997. The molecule has 0 unspecified atom stereocenters. The van der Waals surface area contributed by atoms with E-state index in [9.17, 15) is 4.79 Å². The highest BCUT2D eigenvalue weighted by atomic mass is 35.5. The summed E-state index contributed by atoms with van der Waals surface area (Å²) in [4.78, 5) is 14.3. The largest absolute Gasteiger partial charge is 0.451 e. The first-order valence-electron chi connectivity index (χ1n) is 9.88. The van der Waals surface area contributed by atoms with Crippen LogP contribution in [0.15, 0.2) is 71.1 Å². The van der Waals surface area contributed by atoms with Gasteiger partial charge in [0.1, 0.15) is 16.8 Å². The van der Waals surface area contributed by atoms with Gasteiger partial charge in [-0.1, -0.05) is 58.6 Å². The number of carbonyl (C=O) groups excluding carboxylic acids is 1. The standard InChI is InChI=1S/C24H15Cl3N4O2/c1-13-5-7-14(8-6-13)31-29-19-11-17(26)18(12-20(19)30-31)28-24(32)22-10-9-21(33-22)15-3-2-4-16(25)23(15)27/h2-12H,1H3,(H,28,32). The van der Waals surface area contributed by atoms with Gasteiger partial charge in [-0.2, -0.15) is 4.80 Å². The zero-order valence-electron chi connectivity index (χ0n) is 17.1. The maximum atomic E-state index is 12.8. The number of aromatic nitrogens is 3. The smallest absolute Gasteiger partial charge is 0.291 e. The fraction of sp³-hybridized carbons (Fsp3) is 0.0417. The van der Waals surface area contributed by atoms with Crippen molar-refractivity contribution in [1.29, 1.82) is 0 Å². The van der Waals surface area contributed by atoms with Gasteiger partial charge in [0.25, 0.3) is 5.91 Å². The molecule has 9 heteroatoms. The highest BCUT2D eigenvalue weighted by Crippen LogP contribution is 2.34. The minimum atomic E-state index is -0.466. The molecule has 2 aromatic heterocycles. The van der Waals surface area contributed by atoms with Gasteiger partial charge in [0.05, 0.1) is 26.4 Å². The Morgan fingerprint density at radius 3 is 2.39 bits per heavy atom. The van der Waals surface area contributed by atoms with Crippen molar-refractivity contribution in [2.45, 2.75) is 6.92 Å². The molecule has 1 amide bonds. The summed E-state index contributed by atoms with van der Waals surface area (Å²) < 4.78 is 5.71. The van der Waals surface area contributed by atoms with E-state index in [0.717, 1.165) is 11.3 Å². The third-order valence-corrected chi connectivity index (χ3v) is 6.16. The van der Waals surface area contributed by atoms with E-state index in [1.54, 1.807) is 42.5 Å². The topological polar surface area (TPSA) is 73.0 Å². The van der Waals surface area contributed by atoms with Crippen molar-refractivity contribution < 1.29 is 9.21 Å². The molecule has 0 aliphatic carbocycles. The van der Waals surface area contributed by atoms with E-state index in [1.165, 1.54) is 4.80 Å². The number of rotatable bonds is 4. The van der Waals surface area contributed by atoms with Crippen molar-refractivity contribution >= 4 is 57.4 Å². The quantitative estimate of drug-likeness (QED) is 0.285. The second-order valence-electron chi connectivity index (χ2n) is 7.37. The molecule has 6 nitrogen and oxygen atoms in total. The summed E-state index contributed by atoms with van der Waals surface area (Å²) in [6.45, 7) is 2.01. The second kappa shape index (κ2) is 8.56. The van der Waals surface area contributed by atoms with Gasteiger partial charge in [0.2, 0.25) is 0 Å². The number of hydrogen-bond donors (Lipinski definition) is 1. The zero-order valence-corrected chi connectivity index (χ0v) is 19.4. The molecule has 0 radical (unpaired) electrons. The molecule has 0 aliphatic heterocycles. The van der Waals surface area contributed by atoms with Crippen molar-refractivity contribution in [2.24, 2.45) is 0 Å². The Morgan fingerprint density at radius 1 is 0.909 bits per heavy atom. The number of furan rings is 1. The third kappa shape index (κ3) is 4.20. The van der Waals surface area contributed by atoms with Crippen LogP contribution in [0.5, 0.6) is 0 Å². The first kappa shape index (κ1) is 21.5. The number of nitrogens with zero attached hydrogens (tertiary/aromatic N) is 3. The van der Waals surface area contributed by atoms with E-state index in [1.807, 2.05) is 31.2 Å². The molecule has 5 aromatic rings. The van der Waals surface area contributed by atoms with E-state index in [0.29, 0.717) is 43.1 Å². The van der Waals surface area contributed by atoms with Crippen molar-refractivity contribution in [3.8, 4) is 17.0 Å². The lowest BCUT2D eigenvalue weighted by Gasteiger charge is -2.06. The summed E-state index contributed by atoms with van der Waals surface area (Å²) in [6, 6.07) is 19.6. The van der Waals surface area contributed by atoms with Gasteiger partial charge in [0.15, 0.2) is 5.76 Å². The van der Waals surface area contributed by atoms with Crippen LogP contribution in [0, 0.1) is 6.92 Å². The Morgan fingerprint density at radius 2 is 1.64 bits per heavy atom. The van der Waals surface area contributed by atoms with Gasteiger partial charge in [-0.3, -0.25) is 4.79 Å². The molecule has 0 atom stereocenters. The average molecular weight is 498 g/mol. The molecular weight excluding hydrogens is 483 g/mol. The number of anilines is 1. The predicted molar refractivity (Wildman–Crippen MR) is 131 cm³/mol. The van der Waals surface area contributed by atoms with Crippen LogP contribution < -0.4 is 5.32 Å². The van der Waals surface area contributed by atoms with Crippen molar-refractivity contribution in [1.82, 2.24) is 15.0 Å². The normalized spacial score (nSPS) is 11.2. The van der Waals surface area contributed by atoms with Crippen molar-refractivity contribution in [3.63, 3.8) is 0 Å². The Balaban J connectivity index is 1.41.